The second-order valence-electron chi connectivity index (χ2n) is 5.07. The minimum absolute atomic E-state index is 0.0164. The van der Waals surface area contributed by atoms with E-state index in [0.29, 0.717) is 19.4 Å². The van der Waals surface area contributed by atoms with Gasteiger partial charge in [-0.3, -0.25) is 9.89 Å². The van der Waals surface area contributed by atoms with Crippen LogP contribution in [0.3, 0.4) is 0 Å². The molecule has 0 atom stereocenters. The molecular formula is C12H20N6O2. The van der Waals surface area contributed by atoms with E-state index in [4.69, 9.17) is 10.9 Å². The van der Waals surface area contributed by atoms with E-state index < -0.39 is 5.41 Å². The minimum Gasteiger partial charge on any atom is -0.409 e. The Labute approximate surface area is 116 Å². The van der Waals surface area contributed by atoms with Gasteiger partial charge in [-0.25, -0.2) is 4.98 Å². The van der Waals surface area contributed by atoms with E-state index in [1.165, 1.54) is 6.33 Å². The van der Waals surface area contributed by atoms with E-state index >= 15 is 0 Å². The number of H-pyrrole nitrogens is 1. The minimum atomic E-state index is -0.832. The number of hydrogen-bond acceptors (Lipinski definition) is 5. The highest BCUT2D eigenvalue weighted by Gasteiger charge is 2.45. The highest BCUT2D eigenvalue weighted by molar-refractivity contribution is 6.07. The highest BCUT2D eigenvalue weighted by Crippen LogP contribution is 2.38. The Bertz CT molecular complexity index is 464. The van der Waals surface area contributed by atoms with Gasteiger partial charge in [0.2, 0.25) is 5.91 Å². The van der Waals surface area contributed by atoms with Crippen LogP contribution in [0.5, 0.6) is 0 Å². The molecule has 8 heteroatoms. The van der Waals surface area contributed by atoms with Gasteiger partial charge in [-0.2, -0.15) is 5.10 Å². The molecule has 1 heterocycles. The summed E-state index contributed by atoms with van der Waals surface area (Å²) in [6, 6.07) is 0. The Balaban J connectivity index is 1.83. The number of aromatic amines is 1. The summed E-state index contributed by atoms with van der Waals surface area (Å²) < 4.78 is 0. The molecule has 8 nitrogen and oxygen atoms in total. The van der Waals surface area contributed by atoms with Crippen molar-refractivity contribution in [2.75, 3.05) is 6.54 Å². The van der Waals surface area contributed by atoms with E-state index in [2.05, 4.69) is 25.7 Å². The second-order valence-corrected chi connectivity index (χ2v) is 5.07. The molecule has 1 aliphatic rings. The molecule has 0 unspecified atom stereocenters. The molecule has 1 aromatic heterocycles. The number of hydrogen-bond donors (Lipinski definition) is 4. The third-order valence-corrected chi connectivity index (χ3v) is 3.83. The summed E-state index contributed by atoms with van der Waals surface area (Å²) in [7, 11) is 0. The molecule has 110 valence electrons. The van der Waals surface area contributed by atoms with Crippen LogP contribution in [-0.4, -0.2) is 38.7 Å². The van der Waals surface area contributed by atoms with Gasteiger partial charge in [0.15, 0.2) is 5.84 Å². The number of rotatable bonds is 6. The summed E-state index contributed by atoms with van der Waals surface area (Å²) in [4.78, 5) is 16.3. The molecule has 0 radical (unpaired) electrons. The van der Waals surface area contributed by atoms with Crippen LogP contribution in [-0.2, 0) is 11.2 Å². The zero-order valence-corrected chi connectivity index (χ0v) is 11.3. The number of amidine groups is 1. The van der Waals surface area contributed by atoms with Gasteiger partial charge >= 0.3 is 0 Å². The molecular weight excluding hydrogens is 260 g/mol. The maximum atomic E-state index is 12.3. The van der Waals surface area contributed by atoms with E-state index in [-0.39, 0.29) is 11.7 Å². The lowest BCUT2D eigenvalue weighted by Crippen LogP contribution is -2.48. The Morgan fingerprint density at radius 1 is 1.55 bits per heavy atom. The first kappa shape index (κ1) is 14.3. The third-order valence-electron chi connectivity index (χ3n) is 3.83. The first-order valence-corrected chi connectivity index (χ1v) is 6.79. The number of aromatic nitrogens is 3. The standard InChI is InChI=1S/C12H20N6O2/c13-10(18-20)12(5-1-2-6-12)11(19)14-7-3-4-9-15-8-16-17-9/h8,20H,1-7H2,(H2,13,18)(H,14,19)(H,15,16,17). The Hall–Kier alpha value is -2.12. The van der Waals surface area contributed by atoms with Crippen molar-refractivity contribution in [1.29, 1.82) is 0 Å². The van der Waals surface area contributed by atoms with Crippen LogP contribution in [0.15, 0.2) is 11.5 Å². The van der Waals surface area contributed by atoms with Gasteiger partial charge in [-0.1, -0.05) is 18.0 Å². The highest BCUT2D eigenvalue weighted by atomic mass is 16.4. The van der Waals surface area contributed by atoms with Gasteiger partial charge in [0, 0.05) is 13.0 Å². The number of oxime groups is 1. The quantitative estimate of drug-likeness (QED) is 0.194. The number of nitrogens with two attached hydrogens (primary N) is 1. The Morgan fingerprint density at radius 2 is 2.30 bits per heavy atom. The van der Waals surface area contributed by atoms with Gasteiger partial charge in [0.25, 0.3) is 0 Å². The summed E-state index contributed by atoms with van der Waals surface area (Å²) in [6.45, 7) is 0.528. The first-order valence-electron chi connectivity index (χ1n) is 6.79. The molecule has 0 aliphatic heterocycles. The lowest BCUT2D eigenvalue weighted by atomic mass is 9.84. The fraction of sp³-hybridized carbons (Fsp3) is 0.667. The second kappa shape index (κ2) is 6.36. The molecule has 5 N–H and O–H groups in total. The zero-order chi connectivity index (χ0) is 14.4. The van der Waals surface area contributed by atoms with E-state index in [9.17, 15) is 4.79 Å². The number of carbonyl (C=O) groups excluding carboxylic acids is 1. The Kier molecular flexibility index (Phi) is 4.54. The van der Waals surface area contributed by atoms with Crippen LogP contribution in [0.1, 0.15) is 37.9 Å². The van der Waals surface area contributed by atoms with Gasteiger partial charge < -0.3 is 16.3 Å². The Morgan fingerprint density at radius 3 is 2.90 bits per heavy atom. The van der Waals surface area contributed by atoms with Gasteiger partial charge in [0.1, 0.15) is 17.6 Å². The van der Waals surface area contributed by atoms with Crippen LogP contribution >= 0.6 is 0 Å². The predicted molar refractivity (Wildman–Crippen MR) is 72.0 cm³/mol. The molecule has 1 saturated carbocycles. The molecule has 0 aromatic carbocycles. The van der Waals surface area contributed by atoms with Gasteiger partial charge in [-0.15, -0.1) is 0 Å². The molecule has 1 aromatic rings. The van der Waals surface area contributed by atoms with E-state index in [0.717, 1.165) is 31.5 Å². The smallest absolute Gasteiger partial charge is 0.233 e. The molecule has 1 fully saturated rings. The molecule has 1 aliphatic carbocycles. The van der Waals surface area contributed by atoms with E-state index in [1.54, 1.807) is 0 Å². The zero-order valence-electron chi connectivity index (χ0n) is 11.3. The SMILES string of the molecule is NC(=NO)C1(C(=O)NCCCc2ncn[nH]2)CCCC1. The molecule has 20 heavy (non-hydrogen) atoms. The average molecular weight is 280 g/mol. The number of nitrogens with one attached hydrogen (secondary N) is 2. The van der Waals surface area contributed by atoms with Crippen molar-refractivity contribution in [2.24, 2.45) is 16.3 Å². The number of nitrogens with zero attached hydrogens (tertiary/aromatic N) is 3. The fourth-order valence-corrected chi connectivity index (χ4v) is 2.65. The van der Waals surface area contributed by atoms with Crippen molar-refractivity contribution in [3.05, 3.63) is 12.2 Å². The topological polar surface area (TPSA) is 129 Å². The first-order chi connectivity index (χ1) is 9.69. The lowest BCUT2D eigenvalue weighted by molar-refractivity contribution is -0.127. The van der Waals surface area contributed by atoms with Crippen LogP contribution in [0.4, 0.5) is 0 Å². The van der Waals surface area contributed by atoms with Crippen LogP contribution in [0, 0.1) is 5.41 Å². The molecule has 1 amide bonds. The summed E-state index contributed by atoms with van der Waals surface area (Å²) >= 11 is 0. The monoisotopic (exact) mass is 280 g/mol. The molecule has 0 bridgehead atoms. The largest absolute Gasteiger partial charge is 0.409 e. The summed E-state index contributed by atoms with van der Waals surface area (Å²) in [5.74, 6) is 0.664. The van der Waals surface area contributed by atoms with Crippen molar-refractivity contribution < 1.29 is 10.0 Å². The van der Waals surface area contributed by atoms with Crippen molar-refractivity contribution in [2.45, 2.75) is 38.5 Å². The normalized spacial score (nSPS) is 18.1. The maximum absolute atomic E-state index is 12.3. The maximum Gasteiger partial charge on any atom is 0.233 e. The van der Waals surface area contributed by atoms with Crippen LogP contribution in [0.2, 0.25) is 0 Å². The molecule has 0 spiro atoms. The summed E-state index contributed by atoms with van der Waals surface area (Å²) in [6.07, 6.45) is 6.04. The van der Waals surface area contributed by atoms with E-state index in [1.807, 2.05) is 0 Å². The van der Waals surface area contributed by atoms with Crippen molar-refractivity contribution in [3.8, 4) is 0 Å². The predicted octanol–water partition coefficient (Wildman–Crippen LogP) is 0.160. The lowest BCUT2D eigenvalue weighted by Gasteiger charge is -2.25. The number of carbonyl (C=O) groups is 1. The molecule has 2 rings (SSSR count). The third kappa shape index (κ3) is 2.89. The van der Waals surface area contributed by atoms with Crippen LogP contribution < -0.4 is 11.1 Å². The number of aryl methyl sites for hydroxylation is 1. The summed E-state index contributed by atoms with van der Waals surface area (Å²) in [5.41, 5.74) is 4.88. The van der Waals surface area contributed by atoms with Crippen molar-refractivity contribution in [3.63, 3.8) is 0 Å². The van der Waals surface area contributed by atoms with Crippen LogP contribution in [0.25, 0.3) is 0 Å². The summed E-state index contributed by atoms with van der Waals surface area (Å²) in [5, 5.41) is 21.3. The fourth-order valence-electron chi connectivity index (χ4n) is 2.65. The van der Waals surface area contributed by atoms with Crippen molar-refractivity contribution >= 4 is 11.7 Å². The van der Waals surface area contributed by atoms with Gasteiger partial charge in [-0.05, 0) is 19.3 Å². The number of amides is 1. The molecule has 0 saturated heterocycles. The van der Waals surface area contributed by atoms with Gasteiger partial charge in [0.05, 0.1) is 0 Å². The van der Waals surface area contributed by atoms with Crippen molar-refractivity contribution in [1.82, 2.24) is 20.5 Å². The average Bonchev–Trinajstić information content (AvgIpc) is 3.14.